The average molecular weight is 311 g/mol. The molecule has 1 aromatic carbocycles. The third-order valence-corrected chi connectivity index (χ3v) is 3.40. The lowest BCUT2D eigenvalue weighted by molar-refractivity contribution is -0.385. The lowest BCUT2D eigenvalue weighted by Crippen LogP contribution is -2.01. The van der Waals surface area contributed by atoms with Crippen LogP contribution >= 0.6 is 0 Å². The first kappa shape index (κ1) is 14.8. The van der Waals surface area contributed by atoms with Gasteiger partial charge < -0.3 is 9.47 Å². The Morgan fingerprint density at radius 2 is 2.17 bits per heavy atom. The van der Waals surface area contributed by atoms with Crippen molar-refractivity contribution in [3.63, 3.8) is 0 Å². The maximum Gasteiger partial charge on any atom is 0.287 e. The highest BCUT2D eigenvalue weighted by Gasteiger charge is 2.22. The summed E-state index contributed by atoms with van der Waals surface area (Å²) in [6.07, 6.45) is 3.44. The predicted molar refractivity (Wildman–Crippen MR) is 80.3 cm³/mol. The molecule has 3 rings (SSSR count). The second kappa shape index (κ2) is 6.32. The molecule has 0 aliphatic heterocycles. The van der Waals surface area contributed by atoms with Crippen molar-refractivity contribution >= 4 is 5.69 Å². The molecule has 1 aliphatic carbocycles. The van der Waals surface area contributed by atoms with Crippen molar-refractivity contribution in [1.82, 2.24) is 4.98 Å². The van der Waals surface area contributed by atoms with Gasteiger partial charge in [0, 0.05) is 18.2 Å². The fraction of sp³-hybridized carbons (Fsp3) is 0.250. The van der Waals surface area contributed by atoms with Crippen LogP contribution in [-0.4, -0.2) is 16.5 Å². The lowest BCUT2D eigenvalue weighted by Gasteiger charge is -2.10. The Labute approximate surface area is 132 Å². The molecular formula is C16H13N3O4. The summed E-state index contributed by atoms with van der Waals surface area (Å²) in [7, 11) is 0. The summed E-state index contributed by atoms with van der Waals surface area (Å²) >= 11 is 0. The van der Waals surface area contributed by atoms with Crippen LogP contribution in [0, 0.1) is 27.4 Å². The highest BCUT2D eigenvalue weighted by molar-refractivity contribution is 5.48. The van der Waals surface area contributed by atoms with Crippen LogP contribution in [0.15, 0.2) is 36.5 Å². The molecule has 0 unspecified atom stereocenters. The largest absolute Gasteiger partial charge is 0.492 e. The number of nitriles is 1. The first-order valence-corrected chi connectivity index (χ1v) is 7.11. The van der Waals surface area contributed by atoms with E-state index in [0.717, 1.165) is 19.0 Å². The number of nitro groups is 1. The van der Waals surface area contributed by atoms with Crippen molar-refractivity contribution in [2.45, 2.75) is 12.8 Å². The third kappa shape index (κ3) is 3.74. The van der Waals surface area contributed by atoms with E-state index in [2.05, 4.69) is 11.1 Å². The smallest absolute Gasteiger partial charge is 0.287 e. The Morgan fingerprint density at radius 3 is 2.78 bits per heavy atom. The number of rotatable bonds is 6. The number of aromatic nitrogens is 1. The van der Waals surface area contributed by atoms with E-state index in [1.165, 1.54) is 12.1 Å². The molecule has 7 heteroatoms. The van der Waals surface area contributed by atoms with Gasteiger partial charge in [-0.05, 0) is 30.9 Å². The van der Waals surface area contributed by atoms with Crippen LogP contribution in [0.3, 0.4) is 0 Å². The van der Waals surface area contributed by atoms with Gasteiger partial charge in [0.15, 0.2) is 0 Å². The van der Waals surface area contributed by atoms with Crippen LogP contribution < -0.4 is 9.47 Å². The van der Waals surface area contributed by atoms with Crippen LogP contribution in [0.25, 0.3) is 0 Å². The molecule has 0 amide bonds. The van der Waals surface area contributed by atoms with E-state index >= 15 is 0 Å². The Hall–Kier alpha value is -3.14. The molecule has 1 saturated carbocycles. The molecule has 23 heavy (non-hydrogen) atoms. The fourth-order valence-electron chi connectivity index (χ4n) is 1.93. The zero-order chi connectivity index (χ0) is 16.2. The Kier molecular flexibility index (Phi) is 4.06. The van der Waals surface area contributed by atoms with Crippen LogP contribution in [-0.2, 0) is 0 Å². The molecule has 1 aromatic heterocycles. The SMILES string of the molecule is N#Cc1ccc(Oc2ccc([N+](=O)[O-])cn2)cc1OCC1CC1. The van der Waals surface area contributed by atoms with Gasteiger partial charge in [-0.25, -0.2) is 4.98 Å². The highest BCUT2D eigenvalue weighted by Crippen LogP contribution is 2.32. The van der Waals surface area contributed by atoms with Gasteiger partial charge in [-0.2, -0.15) is 5.26 Å². The summed E-state index contributed by atoms with van der Waals surface area (Å²) < 4.78 is 11.2. The number of ether oxygens (including phenoxy) is 2. The standard InChI is InChI=1S/C16H13N3O4/c17-8-12-3-5-14(7-15(12)22-10-11-1-2-11)23-16-6-4-13(9-18-16)19(20)21/h3-7,9,11H,1-2,10H2. The molecule has 0 atom stereocenters. The summed E-state index contributed by atoms with van der Waals surface area (Å²) in [4.78, 5) is 14.0. The molecule has 1 heterocycles. The molecule has 0 saturated heterocycles. The number of hydrogen-bond acceptors (Lipinski definition) is 6. The summed E-state index contributed by atoms with van der Waals surface area (Å²) in [5.74, 6) is 1.73. The molecule has 0 N–H and O–H groups in total. The minimum Gasteiger partial charge on any atom is -0.492 e. The monoisotopic (exact) mass is 311 g/mol. The Bertz CT molecular complexity index is 764. The topological polar surface area (TPSA) is 98.3 Å². The van der Waals surface area contributed by atoms with E-state index in [-0.39, 0.29) is 11.6 Å². The van der Waals surface area contributed by atoms with Gasteiger partial charge in [-0.3, -0.25) is 10.1 Å². The van der Waals surface area contributed by atoms with E-state index in [0.29, 0.717) is 29.6 Å². The highest BCUT2D eigenvalue weighted by atomic mass is 16.6. The second-order valence-corrected chi connectivity index (χ2v) is 5.24. The van der Waals surface area contributed by atoms with Crippen molar-refractivity contribution in [1.29, 1.82) is 5.26 Å². The minimum atomic E-state index is -0.525. The summed E-state index contributed by atoms with van der Waals surface area (Å²) in [5.41, 5.74) is 0.334. The van der Waals surface area contributed by atoms with Gasteiger partial charge >= 0.3 is 0 Å². The zero-order valence-corrected chi connectivity index (χ0v) is 12.1. The summed E-state index contributed by atoms with van der Waals surface area (Å²) in [5, 5.41) is 19.7. The first-order valence-electron chi connectivity index (χ1n) is 7.11. The van der Waals surface area contributed by atoms with Gasteiger partial charge in [-0.1, -0.05) is 0 Å². The molecule has 1 aliphatic rings. The summed E-state index contributed by atoms with van der Waals surface area (Å²) in [6, 6.07) is 9.69. The molecule has 116 valence electrons. The van der Waals surface area contributed by atoms with Gasteiger partial charge in [0.05, 0.1) is 17.1 Å². The number of pyridine rings is 1. The number of benzene rings is 1. The molecule has 7 nitrogen and oxygen atoms in total. The van der Waals surface area contributed by atoms with Crippen LogP contribution in [0.2, 0.25) is 0 Å². The Balaban J connectivity index is 1.75. The maximum absolute atomic E-state index is 10.6. The van der Waals surface area contributed by atoms with Crippen LogP contribution in [0.1, 0.15) is 18.4 Å². The van der Waals surface area contributed by atoms with Gasteiger partial charge in [0.1, 0.15) is 23.8 Å². The van der Waals surface area contributed by atoms with Crippen molar-refractivity contribution < 1.29 is 14.4 Å². The maximum atomic E-state index is 10.6. The van der Waals surface area contributed by atoms with Crippen molar-refractivity contribution in [3.8, 4) is 23.4 Å². The molecule has 1 fully saturated rings. The van der Waals surface area contributed by atoms with Crippen LogP contribution in [0.4, 0.5) is 5.69 Å². The van der Waals surface area contributed by atoms with E-state index < -0.39 is 4.92 Å². The number of nitrogens with zero attached hydrogens (tertiary/aromatic N) is 3. The van der Waals surface area contributed by atoms with Crippen molar-refractivity contribution in [2.24, 2.45) is 5.92 Å². The van der Waals surface area contributed by atoms with Crippen LogP contribution in [0.5, 0.6) is 17.4 Å². The normalized spacial score (nSPS) is 13.2. The van der Waals surface area contributed by atoms with E-state index in [9.17, 15) is 10.1 Å². The number of hydrogen-bond donors (Lipinski definition) is 0. The first-order chi connectivity index (χ1) is 11.2. The summed E-state index contributed by atoms with van der Waals surface area (Å²) in [6.45, 7) is 0.591. The quantitative estimate of drug-likeness (QED) is 0.598. The molecule has 2 aromatic rings. The third-order valence-electron chi connectivity index (χ3n) is 3.40. The predicted octanol–water partition coefficient (Wildman–Crippen LogP) is 3.44. The molecular weight excluding hydrogens is 298 g/mol. The van der Waals surface area contributed by atoms with Gasteiger partial charge in [0.25, 0.3) is 5.69 Å². The molecule has 0 radical (unpaired) electrons. The second-order valence-electron chi connectivity index (χ2n) is 5.24. The molecule has 0 spiro atoms. The van der Waals surface area contributed by atoms with Gasteiger partial charge in [-0.15, -0.1) is 0 Å². The van der Waals surface area contributed by atoms with E-state index in [1.54, 1.807) is 18.2 Å². The fourth-order valence-corrected chi connectivity index (χ4v) is 1.93. The lowest BCUT2D eigenvalue weighted by atomic mass is 10.2. The minimum absolute atomic E-state index is 0.106. The molecule has 0 bridgehead atoms. The van der Waals surface area contributed by atoms with E-state index in [1.807, 2.05) is 0 Å². The van der Waals surface area contributed by atoms with Crippen molar-refractivity contribution in [3.05, 3.63) is 52.2 Å². The van der Waals surface area contributed by atoms with Gasteiger partial charge in [0.2, 0.25) is 5.88 Å². The zero-order valence-electron chi connectivity index (χ0n) is 12.1. The average Bonchev–Trinajstić information content (AvgIpc) is 3.38. The Morgan fingerprint density at radius 1 is 1.35 bits per heavy atom. The van der Waals surface area contributed by atoms with Crippen molar-refractivity contribution in [2.75, 3.05) is 6.61 Å². The van der Waals surface area contributed by atoms with E-state index in [4.69, 9.17) is 14.7 Å².